The summed E-state index contributed by atoms with van der Waals surface area (Å²) < 4.78 is 7.12. The molecule has 29 heavy (non-hydrogen) atoms. The summed E-state index contributed by atoms with van der Waals surface area (Å²) >= 11 is 0. The molecule has 0 saturated carbocycles. The Labute approximate surface area is 169 Å². The highest BCUT2D eigenvalue weighted by Crippen LogP contribution is 2.09. The van der Waals surface area contributed by atoms with Crippen molar-refractivity contribution in [2.24, 2.45) is 0 Å². The van der Waals surface area contributed by atoms with Crippen LogP contribution in [0.1, 0.15) is 27.4 Å². The van der Waals surface area contributed by atoms with Crippen LogP contribution >= 0.6 is 0 Å². The molecule has 1 saturated heterocycles. The van der Waals surface area contributed by atoms with E-state index in [1.54, 1.807) is 10.6 Å². The van der Waals surface area contributed by atoms with Gasteiger partial charge < -0.3 is 10.1 Å². The SMILES string of the molecule is Cc1cccc(C#Cc2ccc3ncc(C(=O)NCCN4CCOCC4)n3c2)n1. The summed E-state index contributed by atoms with van der Waals surface area (Å²) in [6, 6.07) is 9.50. The standard InChI is InChI=1S/C22H23N5O2/c1-17-3-2-4-19(25-17)7-5-18-6-8-21-24-15-20(27(21)16-18)22(28)23-9-10-26-11-13-29-14-12-26/h2-4,6,8,15-16H,9-14H2,1H3,(H,23,28). The Morgan fingerprint density at radius 1 is 1.21 bits per heavy atom. The van der Waals surface area contributed by atoms with Crippen LogP contribution in [0.2, 0.25) is 0 Å². The summed E-state index contributed by atoms with van der Waals surface area (Å²) in [7, 11) is 0. The van der Waals surface area contributed by atoms with Crippen LogP contribution in [0.4, 0.5) is 0 Å². The normalized spacial score (nSPS) is 14.4. The summed E-state index contributed by atoms with van der Waals surface area (Å²) in [6.07, 6.45) is 3.43. The number of aryl methyl sites for hydroxylation is 1. The third-order valence-corrected chi connectivity index (χ3v) is 4.78. The molecule has 0 aromatic carbocycles. The van der Waals surface area contributed by atoms with Gasteiger partial charge in [-0.05, 0) is 37.1 Å². The first-order chi connectivity index (χ1) is 14.2. The second kappa shape index (κ2) is 8.86. The van der Waals surface area contributed by atoms with Gasteiger partial charge in [-0.2, -0.15) is 0 Å². The van der Waals surface area contributed by atoms with E-state index in [1.807, 2.05) is 43.5 Å². The van der Waals surface area contributed by atoms with Crippen LogP contribution in [0.15, 0.2) is 42.7 Å². The first-order valence-electron chi connectivity index (χ1n) is 9.70. The van der Waals surface area contributed by atoms with Crippen molar-refractivity contribution < 1.29 is 9.53 Å². The second-order valence-electron chi connectivity index (χ2n) is 6.91. The van der Waals surface area contributed by atoms with E-state index in [9.17, 15) is 4.79 Å². The third-order valence-electron chi connectivity index (χ3n) is 4.78. The number of rotatable bonds is 4. The van der Waals surface area contributed by atoms with Crippen LogP contribution in [0.25, 0.3) is 5.65 Å². The quantitative estimate of drug-likeness (QED) is 0.685. The number of pyridine rings is 2. The molecule has 1 amide bonds. The third kappa shape index (κ3) is 4.80. The minimum absolute atomic E-state index is 0.142. The van der Waals surface area contributed by atoms with Crippen molar-refractivity contribution in [3.8, 4) is 11.8 Å². The van der Waals surface area contributed by atoms with Crippen molar-refractivity contribution in [2.45, 2.75) is 6.92 Å². The summed E-state index contributed by atoms with van der Waals surface area (Å²) in [5, 5.41) is 2.98. The Morgan fingerprint density at radius 2 is 2.07 bits per heavy atom. The van der Waals surface area contributed by atoms with Crippen molar-refractivity contribution in [2.75, 3.05) is 39.4 Å². The summed E-state index contributed by atoms with van der Waals surface area (Å²) in [4.78, 5) is 23.6. The molecule has 4 heterocycles. The smallest absolute Gasteiger partial charge is 0.269 e. The Balaban J connectivity index is 1.46. The molecule has 1 aliphatic heterocycles. The van der Waals surface area contributed by atoms with Crippen molar-refractivity contribution in [3.63, 3.8) is 0 Å². The van der Waals surface area contributed by atoms with E-state index in [2.05, 4.69) is 32.0 Å². The maximum atomic E-state index is 12.6. The first-order valence-corrected chi connectivity index (χ1v) is 9.70. The zero-order valence-corrected chi connectivity index (χ0v) is 16.4. The van der Waals surface area contributed by atoms with E-state index in [0.717, 1.165) is 49.8 Å². The van der Waals surface area contributed by atoms with E-state index in [0.29, 0.717) is 17.9 Å². The van der Waals surface area contributed by atoms with Crippen LogP contribution < -0.4 is 5.32 Å². The molecule has 1 N–H and O–H groups in total. The molecule has 0 spiro atoms. The van der Waals surface area contributed by atoms with Crippen LogP contribution in [0.5, 0.6) is 0 Å². The number of imidazole rings is 1. The number of nitrogens with one attached hydrogen (secondary N) is 1. The molecule has 7 nitrogen and oxygen atoms in total. The molecular formula is C22H23N5O2. The zero-order chi connectivity index (χ0) is 20.1. The second-order valence-corrected chi connectivity index (χ2v) is 6.91. The highest BCUT2D eigenvalue weighted by molar-refractivity contribution is 5.93. The fraction of sp³-hybridized carbons (Fsp3) is 0.318. The number of hydrogen-bond donors (Lipinski definition) is 1. The number of ether oxygens (including phenoxy) is 1. The monoisotopic (exact) mass is 389 g/mol. The lowest BCUT2D eigenvalue weighted by Crippen LogP contribution is -2.41. The summed E-state index contributed by atoms with van der Waals surface area (Å²) in [5.41, 5.74) is 3.65. The van der Waals surface area contributed by atoms with Gasteiger partial charge in [-0.15, -0.1) is 0 Å². The largest absolute Gasteiger partial charge is 0.379 e. The molecule has 7 heteroatoms. The molecule has 0 aliphatic carbocycles. The van der Waals surface area contributed by atoms with Gasteiger partial charge in [-0.1, -0.05) is 12.0 Å². The van der Waals surface area contributed by atoms with Crippen LogP contribution in [0.3, 0.4) is 0 Å². The number of amides is 1. The first kappa shape index (κ1) is 19.1. The zero-order valence-electron chi connectivity index (χ0n) is 16.4. The van der Waals surface area contributed by atoms with Gasteiger partial charge in [0.2, 0.25) is 0 Å². The maximum Gasteiger partial charge on any atom is 0.269 e. The van der Waals surface area contributed by atoms with Gasteiger partial charge in [-0.3, -0.25) is 14.1 Å². The highest BCUT2D eigenvalue weighted by Gasteiger charge is 2.14. The molecule has 0 bridgehead atoms. The van der Waals surface area contributed by atoms with Crippen molar-refractivity contribution >= 4 is 11.6 Å². The predicted molar refractivity (Wildman–Crippen MR) is 110 cm³/mol. The predicted octanol–water partition coefficient (Wildman–Crippen LogP) is 1.50. The number of fused-ring (bicyclic) bond motifs is 1. The van der Waals surface area contributed by atoms with E-state index in [4.69, 9.17) is 4.74 Å². The Hall–Kier alpha value is -3.21. The van der Waals surface area contributed by atoms with E-state index < -0.39 is 0 Å². The molecule has 3 aromatic heterocycles. The minimum atomic E-state index is -0.142. The fourth-order valence-corrected chi connectivity index (χ4v) is 3.21. The van der Waals surface area contributed by atoms with Crippen LogP contribution in [0, 0.1) is 18.8 Å². The van der Waals surface area contributed by atoms with Gasteiger partial charge in [0.1, 0.15) is 17.0 Å². The van der Waals surface area contributed by atoms with Gasteiger partial charge in [0, 0.05) is 43.6 Å². The molecule has 0 unspecified atom stereocenters. The number of hydrogen-bond acceptors (Lipinski definition) is 5. The van der Waals surface area contributed by atoms with Crippen molar-refractivity contribution in [1.29, 1.82) is 0 Å². The fourth-order valence-electron chi connectivity index (χ4n) is 3.21. The molecule has 1 fully saturated rings. The Bertz CT molecular complexity index is 1070. The lowest BCUT2D eigenvalue weighted by Gasteiger charge is -2.26. The Kier molecular flexibility index (Phi) is 5.84. The van der Waals surface area contributed by atoms with Gasteiger partial charge in [0.05, 0.1) is 19.4 Å². The summed E-state index contributed by atoms with van der Waals surface area (Å²) in [6.45, 7) is 6.65. The topological polar surface area (TPSA) is 71.8 Å². The van der Waals surface area contributed by atoms with Gasteiger partial charge in [0.15, 0.2) is 0 Å². The molecular weight excluding hydrogens is 366 g/mol. The van der Waals surface area contributed by atoms with E-state index >= 15 is 0 Å². The molecule has 0 atom stereocenters. The molecule has 4 rings (SSSR count). The van der Waals surface area contributed by atoms with Crippen molar-refractivity contribution in [1.82, 2.24) is 24.6 Å². The van der Waals surface area contributed by atoms with Gasteiger partial charge >= 0.3 is 0 Å². The molecule has 148 valence electrons. The minimum Gasteiger partial charge on any atom is -0.379 e. The average Bonchev–Trinajstić information content (AvgIpc) is 3.16. The number of carbonyl (C=O) groups excluding carboxylic acids is 1. The van der Waals surface area contributed by atoms with Gasteiger partial charge in [-0.25, -0.2) is 9.97 Å². The van der Waals surface area contributed by atoms with Crippen LogP contribution in [-0.4, -0.2) is 64.6 Å². The highest BCUT2D eigenvalue weighted by atomic mass is 16.5. The van der Waals surface area contributed by atoms with E-state index in [-0.39, 0.29) is 5.91 Å². The number of aromatic nitrogens is 3. The molecule has 3 aromatic rings. The number of nitrogens with zero attached hydrogens (tertiary/aromatic N) is 4. The summed E-state index contributed by atoms with van der Waals surface area (Å²) in [5.74, 6) is 6.04. The molecule has 1 aliphatic rings. The van der Waals surface area contributed by atoms with Crippen LogP contribution in [-0.2, 0) is 4.74 Å². The van der Waals surface area contributed by atoms with E-state index in [1.165, 1.54) is 0 Å². The Morgan fingerprint density at radius 3 is 2.90 bits per heavy atom. The number of carbonyl (C=O) groups is 1. The maximum absolute atomic E-state index is 12.6. The van der Waals surface area contributed by atoms with Gasteiger partial charge in [0.25, 0.3) is 5.91 Å². The lowest BCUT2D eigenvalue weighted by molar-refractivity contribution is 0.0383. The number of morpholine rings is 1. The molecule has 0 radical (unpaired) electrons. The lowest BCUT2D eigenvalue weighted by atomic mass is 10.2. The average molecular weight is 389 g/mol. The van der Waals surface area contributed by atoms with Crippen molar-refractivity contribution in [3.05, 3.63) is 65.4 Å².